The highest BCUT2D eigenvalue weighted by atomic mass is 32.2. The van der Waals surface area contributed by atoms with Crippen LogP contribution in [0.4, 0.5) is 0 Å². The third kappa shape index (κ3) is 3.37. The standard InChI is InChI=1S/C19H19N5S2/c1-4-14-5-7-15(8-6-14)18-21-16(10-25-18)11-26-19-23-22-17-9-12(2)20-13(3)24(17)19/h5-10H,4,11H2,1-3H3. The smallest absolute Gasteiger partial charge is 0.197 e. The summed E-state index contributed by atoms with van der Waals surface area (Å²) in [6.45, 7) is 6.12. The molecule has 0 unspecified atom stereocenters. The van der Waals surface area contributed by atoms with E-state index in [1.54, 1.807) is 23.1 Å². The Bertz CT molecular complexity index is 1050. The summed E-state index contributed by atoms with van der Waals surface area (Å²) in [6, 6.07) is 10.6. The summed E-state index contributed by atoms with van der Waals surface area (Å²) in [5, 5.41) is 12.6. The Morgan fingerprint density at radius 3 is 2.65 bits per heavy atom. The van der Waals surface area contributed by atoms with E-state index in [0.717, 1.165) is 45.2 Å². The first kappa shape index (κ1) is 17.2. The van der Waals surface area contributed by atoms with Gasteiger partial charge in [0.05, 0.1) is 5.69 Å². The van der Waals surface area contributed by atoms with E-state index in [-0.39, 0.29) is 0 Å². The second-order valence-corrected chi connectivity index (χ2v) is 7.90. The number of nitrogens with zero attached hydrogens (tertiary/aromatic N) is 5. The van der Waals surface area contributed by atoms with Crippen LogP contribution in [0.15, 0.2) is 40.9 Å². The van der Waals surface area contributed by atoms with Crippen LogP contribution in [0.5, 0.6) is 0 Å². The summed E-state index contributed by atoms with van der Waals surface area (Å²) in [4.78, 5) is 9.28. The highest BCUT2D eigenvalue weighted by molar-refractivity contribution is 7.98. The molecule has 1 aromatic carbocycles. The van der Waals surface area contributed by atoms with Gasteiger partial charge in [0.2, 0.25) is 0 Å². The van der Waals surface area contributed by atoms with Crippen molar-refractivity contribution in [3.8, 4) is 10.6 Å². The van der Waals surface area contributed by atoms with Crippen LogP contribution in [0, 0.1) is 13.8 Å². The van der Waals surface area contributed by atoms with Crippen molar-refractivity contribution in [1.82, 2.24) is 24.6 Å². The molecule has 0 fully saturated rings. The van der Waals surface area contributed by atoms with Gasteiger partial charge in [-0.15, -0.1) is 21.5 Å². The molecule has 3 heterocycles. The fourth-order valence-corrected chi connectivity index (χ4v) is 4.63. The molecule has 0 aliphatic carbocycles. The molecule has 5 nitrogen and oxygen atoms in total. The number of aromatic nitrogens is 5. The van der Waals surface area contributed by atoms with Crippen LogP contribution in [-0.4, -0.2) is 24.6 Å². The maximum Gasteiger partial charge on any atom is 0.197 e. The Hall–Kier alpha value is -2.25. The van der Waals surface area contributed by atoms with E-state index >= 15 is 0 Å². The minimum atomic E-state index is 0.762. The minimum Gasteiger partial charge on any atom is -0.258 e. The third-order valence-electron chi connectivity index (χ3n) is 4.17. The largest absolute Gasteiger partial charge is 0.258 e. The molecule has 0 saturated carbocycles. The fourth-order valence-electron chi connectivity index (χ4n) is 2.82. The molecule has 0 amide bonds. The maximum atomic E-state index is 4.78. The summed E-state index contributed by atoms with van der Waals surface area (Å²) >= 11 is 3.32. The quantitative estimate of drug-likeness (QED) is 0.468. The molecule has 0 N–H and O–H groups in total. The lowest BCUT2D eigenvalue weighted by molar-refractivity contribution is 0.854. The number of fused-ring (bicyclic) bond motifs is 1. The summed E-state index contributed by atoms with van der Waals surface area (Å²) in [5.41, 5.74) is 5.37. The first-order valence-electron chi connectivity index (χ1n) is 8.50. The number of hydrogen-bond donors (Lipinski definition) is 0. The Morgan fingerprint density at radius 1 is 1.08 bits per heavy atom. The highest BCUT2D eigenvalue weighted by Crippen LogP contribution is 2.28. The second-order valence-electron chi connectivity index (χ2n) is 6.10. The average Bonchev–Trinajstić information content (AvgIpc) is 3.27. The van der Waals surface area contributed by atoms with Crippen molar-refractivity contribution < 1.29 is 0 Å². The number of aryl methyl sites for hydroxylation is 3. The zero-order valence-corrected chi connectivity index (χ0v) is 16.6. The van der Waals surface area contributed by atoms with Crippen LogP contribution in [0.2, 0.25) is 0 Å². The van der Waals surface area contributed by atoms with Crippen LogP contribution >= 0.6 is 23.1 Å². The van der Waals surface area contributed by atoms with E-state index in [4.69, 9.17) is 4.98 Å². The normalized spacial score (nSPS) is 11.3. The molecule has 0 aliphatic heterocycles. The lowest BCUT2D eigenvalue weighted by Gasteiger charge is -2.03. The Morgan fingerprint density at radius 2 is 1.88 bits per heavy atom. The van der Waals surface area contributed by atoms with E-state index in [1.807, 2.05) is 24.3 Å². The van der Waals surface area contributed by atoms with Crippen molar-refractivity contribution in [2.75, 3.05) is 0 Å². The Labute approximate surface area is 160 Å². The predicted octanol–water partition coefficient (Wildman–Crippen LogP) is 4.72. The summed E-state index contributed by atoms with van der Waals surface area (Å²) in [5.74, 6) is 1.67. The number of rotatable bonds is 5. The van der Waals surface area contributed by atoms with Crippen molar-refractivity contribution in [3.63, 3.8) is 0 Å². The van der Waals surface area contributed by atoms with Gasteiger partial charge in [-0.05, 0) is 25.8 Å². The SMILES string of the molecule is CCc1ccc(-c2nc(CSc3nnc4cc(C)nc(C)n34)cs2)cc1. The molecule has 0 radical (unpaired) electrons. The molecule has 0 atom stereocenters. The molecular weight excluding hydrogens is 362 g/mol. The number of benzene rings is 1. The molecule has 0 spiro atoms. The molecule has 3 aromatic heterocycles. The molecule has 4 rings (SSSR count). The molecule has 4 aromatic rings. The van der Waals surface area contributed by atoms with E-state index in [9.17, 15) is 0 Å². The van der Waals surface area contributed by atoms with Crippen molar-refractivity contribution in [2.24, 2.45) is 0 Å². The second kappa shape index (κ2) is 7.17. The van der Waals surface area contributed by atoms with Crippen LogP contribution in [0.25, 0.3) is 16.2 Å². The number of hydrogen-bond acceptors (Lipinski definition) is 6. The van der Waals surface area contributed by atoms with Crippen LogP contribution in [-0.2, 0) is 12.2 Å². The number of thiazole rings is 1. The van der Waals surface area contributed by atoms with Crippen molar-refractivity contribution >= 4 is 28.7 Å². The van der Waals surface area contributed by atoms with E-state index in [2.05, 4.69) is 51.8 Å². The molecule has 0 aliphatic rings. The van der Waals surface area contributed by atoms with E-state index in [1.165, 1.54) is 11.1 Å². The first-order chi connectivity index (χ1) is 12.6. The minimum absolute atomic E-state index is 0.762. The molecule has 26 heavy (non-hydrogen) atoms. The van der Waals surface area contributed by atoms with Crippen molar-refractivity contribution in [3.05, 3.63) is 58.5 Å². The van der Waals surface area contributed by atoms with Gasteiger partial charge in [0.25, 0.3) is 0 Å². The van der Waals surface area contributed by atoms with Crippen molar-refractivity contribution in [2.45, 2.75) is 38.1 Å². The monoisotopic (exact) mass is 381 g/mol. The zero-order chi connectivity index (χ0) is 18.1. The van der Waals surface area contributed by atoms with Crippen molar-refractivity contribution in [1.29, 1.82) is 0 Å². The highest BCUT2D eigenvalue weighted by Gasteiger charge is 2.12. The van der Waals surface area contributed by atoms with Crippen LogP contribution in [0.1, 0.15) is 29.7 Å². The topological polar surface area (TPSA) is 56.0 Å². The Kier molecular flexibility index (Phi) is 4.74. The molecule has 132 valence electrons. The average molecular weight is 382 g/mol. The number of thioether (sulfide) groups is 1. The molecule has 0 bridgehead atoms. The zero-order valence-electron chi connectivity index (χ0n) is 14.9. The molecule has 7 heteroatoms. The third-order valence-corrected chi connectivity index (χ3v) is 6.07. The van der Waals surface area contributed by atoms with Gasteiger partial charge in [0.15, 0.2) is 10.8 Å². The van der Waals surface area contributed by atoms with Gasteiger partial charge in [-0.25, -0.2) is 9.97 Å². The van der Waals surface area contributed by atoms with Gasteiger partial charge in [-0.2, -0.15) is 0 Å². The van der Waals surface area contributed by atoms with E-state index < -0.39 is 0 Å². The summed E-state index contributed by atoms with van der Waals surface area (Å²) < 4.78 is 1.99. The molecule has 0 saturated heterocycles. The Balaban J connectivity index is 1.51. The summed E-state index contributed by atoms with van der Waals surface area (Å²) in [6.07, 6.45) is 1.06. The van der Waals surface area contributed by atoms with E-state index in [0.29, 0.717) is 0 Å². The fraction of sp³-hybridized carbons (Fsp3) is 0.263. The van der Waals surface area contributed by atoms with Gasteiger partial charge >= 0.3 is 0 Å². The van der Waals surface area contributed by atoms with Gasteiger partial charge in [-0.1, -0.05) is 43.0 Å². The predicted molar refractivity (Wildman–Crippen MR) is 107 cm³/mol. The molecular formula is C19H19N5S2. The van der Waals surface area contributed by atoms with Crippen LogP contribution < -0.4 is 0 Å². The van der Waals surface area contributed by atoms with Gasteiger partial charge < -0.3 is 0 Å². The van der Waals surface area contributed by atoms with Gasteiger partial charge in [-0.3, -0.25) is 4.40 Å². The summed E-state index contributed by atoms with van der Waals surface area (Å²) in [7, 11) is 0. The maximum absolute atomic E-state index is 4.78. The lowest BCUT2D eigenvalue weighted by atomic mass is 10.1. The first-order valence-corrected chi connectivity index (χ1v) is 10.4. The van der Waals surface area contributed by atoms with Gasteiger partial charge in [0, 0.05) is 28.5 Å². The van der Waals surface area contributed by atoms with Gasteiger partial charge in [0.1, 0.15) is 10.8 Å². The lowest BCUT2D eigenvalue weighted by Crippen LogP contribution is -1.98. The van der Waals surface area contributed by atoms with Crippen LogP contribution in [0.3, 0.4) is 0 Å².